The molecule has 0 saturated carbocycles. The number of nitrogens with one attached hydrogen (secondary N) is 3. The highest BCUT2D eigenvalue weighted by atomic mass is 16.5. The Morgan fingerprint density at radius 2 is 1.36 bits per heavy atom. The van der Waals surface area contributed by atoms with Crippen LogP contribution in [0, 0.1) is 5.92 Å². The van der Waals surface area contributed by atoms with Crippen LogP contribution in [0.5, 0.6) is 0 Å². The molecule has 2 saturated heterocycles. The van der Waals surface area contributed by atoms with E-state index in [4.69, 9.17) is 4.74 Å². The van der Waals surface area contributed by atoms with E-state index in [-0.39, 0.29) is 25.0 Å². The summed E-state index contributed by atoms with van der Waals surface area (Å²) in [4.78, 5) is 53.9. The van der Waals surface area contributed by atoms with E-state index in [9.17, 15) is 24.3 Å². The zero-order valence-corrected chi connectivity index (χ0v) is 24.4. The van der Waals surface area contributed by atoms with Crippen molar-refractivity contribution in [2.45, 2.75) is 25.3 Å². The number of anilines is 2. The summed E-state index contributed by atoms with van der Waals surface area (Å²) >= 11 is 0. The fourth-order valence-corrected chi connectivity index (χ4v) is 5.37. The Kier molecular flexibility index (Phi) is 10.1. The minimum Gasteiger partial charge on any atom is -0.480 e. The van der Waals surface area contributed by atoms with Gasteiger partial charge in [0, 0.05) is 44.0 Å². The van der Waals surface area contributed by atoms with Crippen LogP contribution in [0.25, 0.3) is 11.1 Å². The third-order valence-corrected chi connectivity index (χ3v) is 7.88. The second-order valence-electron chi connectivity index (χ2n) is 11.0. The number of hydrogen-bond acceptors (Lipinski definition) is 5. The SMILES string of the molecule is O=C(N[C@@H](Cc1ccc(NC(=O)N2CCOCC2)cc1)C(=O)O)C1CCCN(C(=O)Nc2ccc(-c3ccccc3)cc2)C1. The predicted molar refractivity (Wildman–Crippen MR) is 166 cm³/mol. The molecule has 5 amide bonds. The minimum absolute atomic E-state index is 0.0780. The van der Waals surface area contributed by atoms with Crippen LogP contribution in [-0.4, -0.2) is 84.3 Å². The van der Waals surface area contributed by atoms with Gasteiger partial charge in [0.05, 0.1) is 19.1 Å². The molecule has 0 aliphatic carbocycles. The number of morpholine rings is 1. The molecule has 3 aromatic rings. The molecule has 4 N–H and O–H groups in total. The normalized spacial score (nSPS) is 17.3. The highest BCUT2D eigenvalue weighted by Gasteiger charge is 2.31. The number of amides is 5. The van der Waals surface area contributed by atoms with Gasteiger partial charge in [-0.2, -0.15) is 0 Å². The van der Waals surface area contributed by atoms with Crippen molar-refractivity contribution in [3.63, 3.8) is 0 Å². The van der Waals surface area contributed by atoms with E-state index in [2.05, 4.69) is 16.0 Å². The van der Waals surface area contributed by atoms with Crippen LogP contribution >= 0.6 is 0 Å². The predicted octanol–water partition coefficient (Wildman–Crippen LogP) is 4.27. The van der Waals surface area contributed by atoms with Gasteiger partial charge in [0.1, 0.15) is 6.04 Å². The molecular weight excluding hydrogens is 562 g/mol. The number of rotatable bonds is 8. The van der Waals surface area contributed by atoms with Crippen molar-refractivity contribution in [3.05, 3.63) is 84.4 Å². The molecule has 1 unspecified atom stereocenters. The lowest BCUT2D eigenvalue weighted by molar-refractivity contribution is -0.142. The number of piperidine rings is 1. The molecule has 3 aromatic carbocycles. The van der Waals surface area contributed by atoms with Gasteiger partial charge in [-0.05, 0) is 53.8 Å². The largest absolute Gasteiger partial charge is 0.480 e. The third kappa shape index (κ3) is 8.13. The Morgan fingerprint density at radius 3 is 2.00 bits per heavy atom. The number of carboxylic acid groups (broad SMARTS) is 1. The number of carbonyl (C=O) groups is 4. The average Bonchev–Trinajstić information content (AvgIpc) is 3.06. The number of hydrogen-bond donors (Lipinski definition) is 4. The lowest BCUT2D eigenvalue weighted by Crippen LogP contribution is -2.50. The van der Waals surface area contributed by atoms with Gasteiger partial charge in [0.2, 0.25) is 5.91 Å². The van der Waals surface area contributed by atoms with Crippen LogP contribution in [0.3, 0.4) is 0 Å². The maximum Gasteiger partial charge on any atom is 0.326 e. The van der Waals surface area contributed by atoms with E-state index >= 15 is 0 Å². The summed E-state index contributed by atoms with van der Waals surface area (Å²) in [7, 11) is 0. The first-order valence-electron chi connectivity index (χ1n) is 14.8. The van der Waals surface area contributed by atoms with E-state index < -0.39 is 23.8 Å². The molecule has 11 nitrogen and oxygen atoms in total. The van der Waals surface area contributed by atoms with Crippen molar-refractivity contribution in [1.29, 1.82) is 0 Å². The fraction of sp³-hybridized carbons (Fsp3) is 0.333. The number of benzene rings is 3. The quantitative estimate of drug-likeness (QED) is 0.305. The average molecular weight is 600 g/mol. The van der Waals surface area contributed by atoms with Gasteiger partial charge in [0.15, 0.2) is 0 Å². The molecule has 44 heavy (non-hydrogen) atoms. The van der Waals surface area contributed by atoms with E-state index in [0.717, 1.165) is 11.1 Å². The molecule has 0 aromatic heterocycles. The summed E-state index contributed by atoms with van der Waals surface area (Å²) in [6.45, 7) is 2.76. The van der Waals surface area contributed by atoms with Crippen molar-refractivity contribution in [2.75, 3.05) is 50.0 Å². The van der Waals surface area contributed by atoms with Crippen LogP contribution in [0.2, 0.25) is 0 Å². The van der Waals surface area contributed by atoms with E-state index in [1.165, 1.54) is 0 Å². The fourth-order valence-electron chi connectivity index (χ4n) is 5.37. The molecule has 2 heterocycles. The van der Waals surface area contributed by atoms with Gasteiger partial charge in [-0.1, -0.05) is 54.6 Å². The molecule has 2 aliphatic heterocycles. The van der Waals surface area contributed by atoms with Crippen LogP contribution in [-0.2, 0) is 20.7 Å². The molecule has 0 bridgehead atoms. The second-order valence-corrected chi connectivity index (χ2v) is 11.0. The number of carbonyl (C=O) groups excluding carboxylic acids is 3. The van der Waals surface area contributed by atoms with Gasteiger partial charge >= 0.3 is 18.0 Å². The van der Waals surface area contributed by atoms with Crippen LogP contribution in [0.1, 0.15) is 18.4 Å². The molecule has 230 valence electrons. The van der Waals surface area contributed by atoms with Crippen molar-refractivity contribution in [1.82, 2.24) is 15.1 Å². The smallest absolute Gasteiger partial charge is 0.326 e. The van der Waals surface area contributed by atoms with Gasteiger partial charge in [-0.25, -0.2) is 14.4 Å². The lowest BCUT2D eigenvalue weighted by Gasteiger charge is -2.32. The summed E-state index contributed by atoms with van der Waals surface area (Å²) in [5, 5.41) is 18.2. The molecule has 5 rings (SSSR count). The molecule has 0 spiro atoms. The Labute approximate surface area is 256 Å². The summed E-state index contributed by atoms with van der Waals surface area (Å²) in [5.74, 6) is -2.06. The zero-order chi connectivity index (χ0) is 30.9. The first kappa shape index (κ1) is 30.6. The Balaban J connectivity index is 1.12. The van der Waals surface area contributed by atoms with Crippen LogP contribution < -0.4 is 16.0 Å². The van der Waals surface area contributed by atoms with Crippen LogP contribution in [0.15, 0.2) is 78.9 Å². The third-order valence-electron chi connectivity index (χ3n) is 7.88. The summed E-state index contributed by atoms with van der Waals surface area (Å²) in [6, 6.07) is 22.8. The van der Waals surface area contributed by atoms with Crippen molar-refractivity contribution >= 4 is 35.3 Å². The maximum absolute atomic E-state index is 13.1. The number of carboxylic acids is 1. The topological polar surface area (TPSA) is 140 Å². The van der Waals surface area contributed by atoms with Gasteiger partial charge in [0.25, 0.3) is 0 Å². The first-order valence-corrected chi connectivity index (χ1v) is 14.8. The molecule has 2 aliphatic rings. The molecular formula is C33H37N5O6. The van der Waals surface area contributed by atoms with Crippen molar-refractivity contribution < 1.29 is 29.0 Å². The summed E-state index contributed by atoms with van der Waals surface area (Å²) in [5.41, 5.74) is 4.07. The zero-order valence-electron chi connectivity index (χ0n) is 24.4. The number of aliphatic carboxylic acids is 1. The molecule has 2 fully saturated rings. The molecule has 2 atom stereocenters. The first-order chi connectivity index (χ1) is 21.4. The van der Waals surface area contributed by atoms with Crippen molar-refractivity contribution in [2.24, 2.45) is 5.92 Å². The number of likely N-dealkylation sites (tertiary alicyclic amines) is 1. The highest BCUT2D eigenvalue weighted by Crippen LogP contribution is 2.23. The Bertz CT molecular complexity index is 1440. The van der Waals surface area contributed by atoms with Gasteiger partial charge in [-0.3, -0.25) is 4.79 Å². The van der Waals surface area contributed by atoms with Crippen molar-refractivity contribution in [3.8, 4) is 11.1 Å². The van der Waals surface area contributed by atoms with E-state index in [1.807, 2.05) is 54.6 Å². The monoisotopic (exact) mass is 599 g/mol. The summed E-state index contributed by atoms with van der Waals surface area (Å²) in [6.07, 6.45) is 1.27. The van der Waals surface area contributed by atoms with Crippen LogP contribution in [0.4, 0.5) is 21.0 Å². The molecule has 11 heteroatoms. The number of nitrogens with zero attached hydrogens (tertiary/aromatic N) is 2. The second kappa shape index (κ2) is 14.5. The maximum atomic E-state index is 13.1. The lowest BCUT2D eigenvalue weighted by atomic mass is 9.96. The standard InChI is InChI=1S/C33H37N5O6/c39-30(36-29(31(40)41)21-23-8-12-27(13-9-23)34-32(42)37-17-19-44-20-18-37)26-7-4-16-38(22-26)33(43)35-28-14-10-25(11-15-28)24-5-2-1-3-6-24/h1-3,5-6,8-15,26,29H,4,7,16-22H2,(H,34,42)(H,35,43)(H,36,39)(H,40,41)/t26?,29-/m0/s1. The highest BCUT2D eigenvalue weighted by molar-refractivity contribution is 5.91. The van der Waals surface area contributed by atoms with E-state index in [0.29, 0.717) is 62.6 Å². The summed E-state index contributed by atoms with van der Waals surface area (Å²) < 4.78 is 5.27. The van der Waals surface area contributed by atoms with Gasteiger partial charge < -0.3 is 35.6 Å². The number of urea groups is 2. The Morgan fingerprint density at radius 1 is 0.773 bits per heavy atom. The van der Waals surface area contributed by atoms with E-state index in [1.54, 1.807) is 34.1 Å². The molecule has 0 radical (unpaired) electrons. The Hall–Kier alpha value is -4.90. The minimum atomic E-state index is -1.15. The number of ether oxygens (including phenoxy) is 1. The van der Waals surface area contributed by atoms with Gasteiger partial charge in [-0.15, -0.1) is 0 Å².